The van der Waals surface area contributed by atoms with Crippen molar-refractivity contribution in [1.82, 2.24) is 0 Å². The van der Waals surface area contributed by atoms with Crippen LogP contribution in [0.15, 0.2) is 42.5 Å². The van der Waals surface area contributed by atoms with Gasteiger partial charge in [-0.3, -0.25) is 0 Å². The number of carboxylic acids is 1. The van der Waals surface area contributed by atoms with Crippen LogP contribution < -0.4 is 9.47 Å². The lowest BCUT2D eigenvalue weighted by Crippen LogP contribution is -2.26. The van der Waals surface area contributed by atoms with Crippen molar-refractivity contribution in [2.75, 3.05) is 20.3 Å². The highest BCUT2D eigenvalue weighted by Gasteiger charge is 2.19. The summed E-state index contributed by atoms with van der Waals surface area (Å²) in [6.07, 6.45) is 1.02. The van der Waals surface area contributed by atoms with E-state index in [9.17, 15) is 14.7 Å². The van der Waals surface area contributed by atoms with Gasteiger partial charge in [0.25, 0.3) is 0 Å². The molecule has 1 N–H and O–H groups in total. The van der Waals surface area contributed by atoms with Crippen molar-refractivity contribution in [1.29, 1.82) is 0 Å². The fraction of sp³-hybridized carbons (Fsp3) is 0.417. The van der Waals surface area contributed by atoms with Crippen LogP contribution in [-0.4, -0.2) is 43.5 Å². The van der Waals surface area contributed by atoms with E-state index in [0.29, 0.717) is 35.8 Å². The topological polar surface area (TPSA) is 91.3 Å². The van der Waals surface area contributed by atoms with E-state index < -0.39 is 12.1 Å². The van der Waals surface area contributed by atoms with E-state index in [1.54, 1.807) is 37.3 Å². The van der Waals surface area contributed by atoms with Gasteiger partial charge in [0.15, 0.2) is 17.6 Å². The quantitative estimate of drug-likeness (QED) is 0.375. The van der Waals surface area contributed by atoms with E-state index in [-0.39, 0.29) is 19.0 Å². The summed E-state index contributed by atoms with van der Waals surface area (Å²) in [6, 6.07) is 12.4. The molecule has 0 saturated heterocycles. The molecule has 0 heterocycles. The molecule has 2 aromatic carbocycles. The average Bonchev–Trinajstić information content (AvgIpc) is 2.77. The highest BCUT2D eigenvalue weighted by molar-refractivity contribution is 5.91. The van der Waals surface area contributed by atoms with Crippen LogP contribution in [0.2, 0.25) is 0 Å². The number of benzene rings is 2. The second kappa shape index (κ2) is 12.6. The maximum absolute atomic E-state index is 12.4. The van der Waals surface area contributed by atoms with Crippen LogP contribution in [0, 0.1) is 0 Å². The lowest BCUT2D eigenvalue weighted by atomic mass is 10.1. The van der Waals surface area contributed by atoms with Crippen LogP contribution in [0.25, 0.3) is 0 Å². The Labute approximate surface area is 182 Å². The molecule has 0 aliphatic carbocycles. The predicted octanol–water partition coefficient (Wildman–Crippen LogP) is 4.26. The van der Waals surface area contributed by atoms with Gasteiger partial charge in [-0.15, -0.1) is 0 Å². The molecule has 0 aromatic heterocycles. The number of hydrogen-bond acceptors (Lipinski definition) is 6. The third kappa shape index (κ3) is 7.29. The minimum atomic E-state index is -1.02. The molecule has 0 saturated carbocycles. The summed E-state index contributed by atoms with van der Waals surface area (Å²) in [6.45, 7) is 4.60. The zero-order valence-corrected chi connectivity index (χ0v) is 18.3. The van der Waals surface area contributed by atoms with Crippen LogP contribution in [-0.2, 0) is 27.3 Å². The molecule has 0 bridgehead atoms. The number of unbranched alkanes of at least 4 members (excludes halogenated alkanes) is 1. The van der Waals surface area contributed by atoms with Crippen LogP contribution in [0.1, 0.15) is 48.2 Å². The van der Waals surface area contributed by atoms with E-state index in [0.717, 1.165) is 18.4 Å². The Morgan fingerprint density at radius 2 is 1.84 bits per heavy atom. The van der Waals surface area contributed by atoms with Crippen LogP contribution in [0.5, 0.6) is 11.5 Å². The number of carboxylic acid groups (broad SMARTS) is 1. The first-order chi connectivity index (χ1) is 15.0. The summed E-state index contributed by atoms with van der Waals surface area (Å²) in [5.41, 5.74) is 1.88. The number of carbonyl (C=O) groups excluding carboxylic acids is 1. The summed E-state index contributed by atoms with van der Waals surface area (Å²) in [7, 11) is 1.53. The number of methoxy groups -OCH3 is 1. The van der Waals surface area contributed by atoms with Crippen molar-refractivity contribution in [2.24, 2.45) is 0 Å². The van der Waals surface area contributed by atoms with Gasteiger partial charge < -0.3 is 24.1 Å². The Hall–Kier alpha value is -3.06. The van der Waals surface area contributed by atoms with Gasteiger partial charge in [0.2, 0.25) is 0 Å². The smallest absolute Gasteiger partial charge is 0.338 e. The first-order valence-corrected chi connectivity index (χ1v) is 10.4. The molecule has 0 aliphatic heterocycles. The molecular weight excluding hydrogens is 400 g/mol. The molecule has 2 aromatic rings. The maximum atomic E-state index is 12.4. The summed E-state index contributed by atoms with van der Waals surface area (Å²) in [5.74, 6) is -0.435. The molecule has 0 aliphatic rings. The SMILES string of the molecule is CCCCOC(=O)c1ccccc1COc1cc(CC(OCC)C(=O)O)ccc1OC. The second-order valence-electron chi connectivity index (χ2n) is 6.91. The predicted molar refractivity (Wildman–Crippen MR) is 116 cm³/mol. The maximum Gasteiger partial charge on any atom is 0.338 e. The molecule has 2 rings (SSSR count). The van der Waals surface area contributed by atoms with Gasteiger partial charge in [-0.25, -0.2) is 9.59 Å². The number of esters is 1. The Balaban J connectivity index is 2.16. The van der Waals surface area contributed by atoms with E-state index in [1.807, 2.05) is 19.1 Å². The zero-order chi connectivity index (χ0) is 22.6. The van der Waals surface area contributed by atoms with Gasteiger partial charge in [0.1, 0.15) is 6.61 Å². The summed E-state index contributed by atoms with van der Waals surface area (Å²) in [5, 5.41) is 9.32. The molecule has 0 spiro atoms. The van der Waals surface area contributed by atoms with E-state index in [2.05, 4.69) is 0 Å². The molecular formula is C24H30O7. The van der Waals surface area contributed by atoms with Crippen LogP contribution in [0.4, 0.5) is 0 Å². The number of aliphatic carboxylic acids is 1. The van der Waals surface area contributed by atoms with Gasteiger partial charge in [-0.05, 0) is 37.1 Å². The normalized spacial score (nSPS) is 11.6. The Kier molecular flexibility index (Phi) is 9.84. The third-order valence-corrected chi connectivity index (χ3v) is 4.64. The Bertz CT molecular complexity index is 863. The van der Waals surface area contributed by atoms with Crippen molar-refractivity contribution >= 4 is 11.9 Å². The summed E-state index contributed by atoms with van der Waals surface area (Å²) >= 11 is 0. The van der Waals surface area contributed by atoms with E-state index >= 15 is 0 Å². The van der Waals surface area contributed by atoms with Gasteiger partial charge in [0, 0.05) is 18.6 Å². The molecule has 168 valence electrons. The van der Waals surface area contributed by atoms with Crippen LogP contribution >= 0.6 is 0 Å². The highest BCUT2D eigenvalue weighted by Crippen LogP contribution is 2.30. The molecule has 0 amide bonds. The Morgan fingerprint density at radius 3 is 2.52 bits per heavy atom. The van der Waals surface area contributed by atoms with Gasteiger partial charge in [0.05, 0.1) is 19.3 Å². The minimum absolute atomic E-state index is 0.132. The van der Waals surface area contributed by atoms with Gasteiger partial charge >= 0.3 is 11.9 Å². The Morgan fingerprint density at radius 1 is 1.06 bits per heavy atom. The largest absolute Gasteiger partial charge is 0.493 e. The van der Waals surface area contributed by atoms with E-state index in [4.69, 9.17) is 18.9 Å². The van der Waals surface area contributed by atoms with Crippen molar-refractivity contribution in [2.45, 2.75) is 45.8 Å². The first kappa shape index (κ1) is 24.2. The fourth-order valence-corrected chi connectivity index (χ4v) is 2.98. The van der Waals surface area contributed by atoms with Crippen molar-refractivity contribution in [3.05, 3.63) is 59.2 Å². The molecule has 1 atom stereocenters. The number of carbonyl (C=O) groups is 2. The molecule has 7 heteroatoms. The summed E-state index contributed by atoms with van der Waals surface area (Å²) < 4.78 is 21.9. The standard InChI is InChI=1S/C24H30O7/c1-4-6-13-30-24(27)19-10-8-7-9-18(19)16-31-21-14-17(11-12-20(21)28-3)15-22(23(25)26)29-5-2/h7-12,14,22H,4-6,13,15-16H2,1-3H3,(H,25,26). The minimum Gasteiger partial charge on any atom is -0.493 e. The lowest BCUT2D eigenvalue weighted by molar-refractivity contribution is -0.149. The molecule has 0 fully saturated rings. The zero-order valence-electron chi connectivity index (χ0n) is 18.3. The molecule has 31 heavy (non-hydrogen) atoms. The number of rotatable bonds is 13. The lowest BCUT2D eigenvalue weighted by Gasteiger charge is -2.16. The van der Waals surface area contributed by atoms with Crippen molar-refractivity contribution < 1.29 is 33.6 Å². The molecule has 1 unspecified atom stereocenters. The monoisotopic (exact) mass is 430 g/mol. The first-order valence-electron chi connectivity index (χ1n) is 10.4. The van der Waals surface area contributed by atoms with Gasteiger partial charge in [-0.1, -0.05) is 37.6 Å². The molecule has 0 radical (unpaired) electrons. The highest BCUT2D eigenvalue weighted by atomic mass is 16.5. The van der Waals surface area contributed by atoms with Crippen molar-refractivity contribution in [3.8, 4) is 11.5 Å². The summed E-state index contributed by atoms with van der Waals surface area (Å²) in [4.78, 5) is 23.8. The van der Waals surface area contributed by atoms with Gasteiger partial charge in [-0.2, -0.15) is 0 Å². The average molecular weight is 430 g/mol. The van der Waals surface area contributed by atoms with E-state index in [1.165, 1.54) is 7.11 Å². The molecule has 7 nitrogen and oxygen atoms in total. The number of hydrogen-bond donors (Lipinski definition) is 1. The third-order valence-electron chi connectivity index (χ3n) is 4.64. The second-order valence-corrected chi connectivity index (χ2v) is 6.91. The van der Waals surface area contributed by atoms with Crippen molar-refractivity contribution in [3.63, 3.8) is 0 Å². The number of ether oxygens (including phenoxy) is 4. The fourth-order valence-electron chi connectivity index (χ4n) is 2.98. The van der Waals surface area contributed by atoms with Crippen LogP contribution in [0.3, 0.4) is 0 Å².